The largest absolute Gasteiger partial charge is 0.508 e. The second-order valence-electron chi connectivity index (χ2n) is 4.10. The zero-order valence-electron chi connectivity index (χ0n) is 9.24. The van der Waals surface area contributed by atoms with E-state index >= 15 is 0 Å². The summed E-state index contributed by atoms with van der Waals surface area (Å²) in [5.74, 6) is 0.260. The topological polar surface area (TPSA) is 33.1 Å². The lowest BCUT2D eigenvalue weighted by molar-refractivity contribution is 0.476. The molecule has 3 aromatic rings. The molecule has 2 aromatic carbocycles. The number of rotatable bonds is 0. The molecule has 84 valence electrons. The zero-order chi connectivity index (χ0) is 12.0. The van der Waals surface area contributed by atoms with Crippen LogP contribution in [0.1, 0.15) is 5.56 Å². The molecule has 2 nitrogen and oxygen atoms in total. The van der Waals surface area contributed by atoms with Crippen LogP contribution < -0.4 is 0 Å². The fraction of sp³-hybridized carbons (Fsp3) is 0.0714. The number of halogens is 1. The predicted molar refractivity (Wildman–Crippen MR) is 70.7 cm³/mol. The summed E-state index contributed by atoms with van der Waals surface area (Å²) in [6, 6.07) is 10.9. The van der Waals surface area contributed by atoms with Crippen molar-refractivity contribution in [2.24, 2.45) is 0 Å². The number of hydrogen-bond acceptors (Lipinski definition) is 2. The number of aromatic nitrogens is 1. The molecule has 0 fully saturated rings. The zero-order valence-corrected chi connectivity index (χ0v) is 9.99. The van der Waals surface area contributed by atoms with E-state index in [2.05, 4.69) is 4.98 Å². The molecule has 0 aliphatic heterocycles. The Morgan fingerprint density at radius 3 is 2.65 bits per heavy atom. The molecular weight excluding hydrogens is 234 g/mol. The van der Waals surface area contributed by atoms with Gasteiger partial charge in [0.25, 0.3) is 0 Å². The molecule has 1 heterocycles. The number of nitrogens with zero attached hydrogens (tertiary/aromatic N) is 1. The summed E-state index contributed by atoms with van der Waals surface area (Å²) >= 11 is 5.97. The molecule has 0 atom stereocenters. The number of phenolic OH excluding ortho intramolecular Hbond substituents is 1. The Labute approximate surface area is 103 Å². The number of benzene rings is 2. The van der Waals surface area contributed by atoms with Gasteiger partial charge < -0.3 is 5.11 Å². The third kappa shape index (κ3) is 1.61. The van der Waals surface area contributed by atoms with Gasteiger partial charge in [0.2, 0.25) is 0 Å². The molecule has 0 unspecified atom stereocenters. The third-order valence-corrected chi connectivity index (χ3v) is 3.22. The molecule has 0 saturated heterocycles. The van der Waals surface area contributed by atoms with Crippen LogP contribution in [0.4, 0.5) is 0 Å². The van der Waals surface area contributed by atoms with E-state index in [0.29, 0.717) is 5.02 Å². The Kier molecular flexibility index (Phi) is 2.20. The van der Waals surface area contributed by atoms with Gasteiger partial charge in [-0.15, -0.1) is 0 Å². The molecule has 0 radical (unpaired) electrons. The van der Waals surface area contributed by atoms with Gasteiger partial charge in [-0.1, -0.05) is 17.7 Å². The maximum absolute atomic E-state index is 9.52. The van der Waals surface area contributed by atoms with Gasteiger partial charge in [0.05, 0.1) is 11.0 Å². The van der Waals surface area contributed by atoms with Crippen LogP contribution >= 0.6 is 11.6 Å². The summed E-state index contributed by atoms with van der Waals surface area (Å²) in [6.45, 7) is 2.03. The van der Waals surface area contributed by atoms with Gasteiger partial charge >= 0.3 is 0 Å². The molecule has 3 heteroatoms. The first-order valence-corrected chi connectivity index (χ1v) is 5.71. The van der Waals surface area contributed by atoms with Crippen molar-refractivity contribution < 1.29 is 5.11 Å². The number of hydrogen-bond donors (Lipinski definition) is 1. The first-order chi connectivity index (χ1) is 8.15. The molecule has 0 saturated carbocycles. The molecule has 3 rings (SSSR count). The van der Waals surface area contributed by atoms with Crippen LogP contribution in [0.25, 0.3) is 21.8 Å². The smallest absolute Gasteiger partial charge is 0.116 e. The monoisotopic (exact) mass is 243 g/mol. The summed E-state index contributed by atoms with van der Waals surface area (Å²) in [7, 11) is 0. The lowest BCUT2D eigenvalue weighted by atomic mass is 10.0. The number of aryl methyl sites for hydroxylation is 1. The first kappa shape index (κ1) is 10.4. The Morgan fingerprint density at radius 2 is 1.82 bits per heavy atom. The van der Waals surface area contributed by atoms with E-state index in [1.807, 2.05) is 31.2 Å². The van der Waals surface area contributed by atoms with E-state index in [0.717, 1.165) is 27.4 Å². The van der Waals surface area contributed by atoms with Crippen molar-refractivity contribution in [2.75, 3.05) is 0 Å². The number of phenols is 1. The van der Waals surface area contributed by atoms with E-state index < -0.39 is 0 Å². The van der Waals surface area contributed by atoms with Crippen molar-refractivity contribution in [3.05, 3.63) is 47.0 Å². The molecule has 0 spiro atoms. The predicted octanol–water partition coefficient (Wildman–Crippen LogP) is 4.06. The molecule has 0 bridgehead atoms. The average molecular weight is 244 g/mol. The molecule has 17 heavy (non-hydrogen) atoms. The van der Waals surface area contributed by atoms with Crippen LogP contribution in [0.3, 0.4) is 0 Å². The van der Waals surface area contributed by atoms with Gasteiger partial charge in [0.15, 0.2) is 0 Å². The van der Waals surface area contributed by atoms with Gasteiger partial charge in [0.1, 0.15) is 5.75 Å². The second kappa shape index (κ2) is 3.60. The maximum Gasteiger partial charge on any atom is 0.116 e. The van der Waals surface area contributed by atoms with Crippen molar-refractivity contribution in [2.45, 2.75) is 6.92 Å². The van der Waals surface area contributed by atoms with Gasteiger partial charge in [-0.05, 0) is 42.8 Å². The highest BCUT2D eigenvalue weighted by Crippen LogP contribution is 2.29. The normalized spacial score (nSPS) is 11.2. The van der Waals surface area contributed by atoms with Gasteiger partial charge in [0, 0.05) is 15.8 Å². The lowest BCUT2D eigenvalue weighted by Gasteiger charge is -2.07. The summed E-state index contributed by atoms with van der Waals surface area (Å²) in [4.78, 5) is 4.54. The summed E-state index contributed by atoms with van der Waals surface area (Å²) in [6.07, 6.45) is 0. The van der Waals surface area contributed by atoms with Crippen molar-refractivity contribution in [3.8, 4) is 5.75 Å². The quantitative estimate of drug-likeness (QED) is 0.604. The minimum absolute atomic E-state index is 0.260. The minimum atomic E-state index is 0.260. The van der Waals surface area contributed by atoms with E-state index in [9.17, 15) is 5.11 Å². The standard InChI is InChI=1S/C14H10ClNO/c1-8-11-4-2-9(15)6-14(11)16-13-5-3-10(17)7-12(8)13/h2-7,17H,1H3. The van der Waals surface area contributed by atoms with E-state index in [4.69, 9.17) is 11.6 Å². The van der Waals surface area contributed by atoms with Crippen LogP contribution in [0.2, 0.25) is 5.02 Å². The average Bonchev–Trinajstić information content (AvgIpc) is 2.30. The fourth-order valence-corrected chi connectivity index (χ4v) is 2.28. The Morgan fingerprint density at radius 1 is 1.00 bits per heavy atom. The highest BCUT2D eigenvalue weighted by Gasteiger charge is 2.06. The van der Waals surface area contributed by atoms with Gasteiger partial charge in [-0.3, -0.25) is 0 Å². The summed E-state index contributed by atoms with van der Waals surface area (Å²) < 4.78 is 0. The number of pyridine rings is 1. The molecule has 1 N–H and O–H groups in total. The van der Waals surface area contributed by atoms with Crippen molar-refractivity contribution >= 4 is 33.4 Å². The lowest BCUT2D eigenvalue weighted by Crippen LogP contribution is -1.87. The van der Waals surface area contributed by atoms with E-state index in [1.165, 1.54) is 0 Å². The third-order valence-electron chi connectivity index (χ3n) is 2.99. The molecular formula is C14H10ClNO. The van der Waals surface area contributed by atoms with Crippen molar-refractivity contribution in [1.29, 1.82) is 0 Å². The molecule has 0 aliphatic rings. The van der Waals surface area contributed by atoms with Gasteiger partial charge in [-0.2, -0.15) is 0 Å². The minimum Gasteiger partial charge on any atom is -0.508 e. The fourth-order valence-electron chi connectivity index (χ4n) is 2.11. The number of fused-ring (bicyclic) bond motifs is 2. The second-order valence-corrected chi connectivity index (χ2v) is 4.54. The molecule has 1 aromatic heterocycles. The molecule has 0 amide bonds. The van der Waals surface area contributed by atoms with Crippen molar-refractivity contribution in [1.82, 2.24) is 4.98 Å². The van der Waals surface area contributed by atoms with E-state index in [-0.39, 0.29) is 5.75 Å². The highest BCUT2D eigenvalue weighted by atomic mass is 35.5. The maximum atomic E-state index is 9.52. The number of aromatic hydroxyl groups is 1. The van der Waals surface area contributed by atoms with E-state index in [1.54, 1.807) is 12.1 Å². The summed E-state index contributed by atoms with van der Waals surface area (Å²) in [5, 5.41) is 12.2. The Balaban J connectivity index is 2.52. The van der Waals surface area contributed by atoms with Gasteiger partial charge in [-0.25, -0.2) is 4.98 Å². The molecule has 0 aliphatic carbocycles. The van der Waals surface area contributed by atoms with Crippen LogP contribution in [0.15, 0.2) is 36.4 Å². The Bertz CT molecular complexity index is 737. The first-order valence-electron chi connectivity index (χ1n) is 5.34. The van der Waals surface area contributed by atoms with Crippen molar-refractivity contribution in [3.63, 3.8) is 0 Å². The Hall–Kier alpha value is -1.80. The highest BCUT2D eigenvalue weighted by molar-refractivity contribution is 6.31. The van der Waals surface area contributed by atoms with Crippen LogP contribution in [0.5, 0.6) is 5.75 Å². The van der Waals surface area contributed by atoms with Crippen LogP contribution in [-0.4, -0.2) is 10.1 Å². The van der Waals surface area contributed by atoms with Crippen LogP contribution in [-0.2, 0) is 0 Å². The SMILES string of the molecule is Cc1c2ccc(Cl)cc2nc2ccc(O)cc12. The van der Waals surface area contributed by atoms with Crippen LogP contribution in [0, 0.1) is 6.92 Å². The summed E-state index contributed by atoms with van der Waals surface area (Å²) in [5.41, 5.74) is 2.86.